The number of ether oxygens (including phenoxy) is 1. The molecule has 0 aliphatic heterocycles. The van der Waals surface area contributed by atoms with Crippen LogP contribution in [0.2, 0.25) is 0 Å². The predicted octanol–water partition coefficient (Wildman–Crippen LogP) is 1.38. The molecular weight excluding hydrogens is 168 g/mol. The standard InChI is InChI=1S/C9H14N2O2/c1-3-11-7-4-5-8(13-10)9(6-7)12-2/h4-6,11H,3,10H2,1-2H3. The Morgan fingerprint density at radius 3 is 2.69 bits per heavy atom. The average Bonchev–Trinajstić information content (AvgIpc) is 2.18. The summed E-state index contributed by atoms with van der Waals surface area (Å²) in [6.45, 7) is 2.89. The van der Waals surface area contributed by atoms with Crippen molar-refractivity contribution in [3.05, 3.63) is 18.2 Å². The zero-order valence-corrected chi connectivity index (χ0v) is 7.83. The Labute approximate surface area is 77.6 Å². The fourth-order valence-electron chi connectivity index (χ4n) is 1.08. The van der Waals surface area contributed by atoms with E-state index in [9.17, 15) is 0 Å². The average molecular weight is 182 g/mol. The number of anilines is 1. The van der Waals surface area contributed by atoms with Crippen LogP contribution >= 0.6 is 0 Å². The molecule has 0 saturated carbocycles. The van der Waals surface area contributed by atoms with Gasteiger partial charge < -0.3 is 14.9 Å². The minimum Gasteiger partial charge on any atom is -0.493 e. The highest BCUT2D eigenvalue weighted by molar-refractivity contribution is 5.54. The fraction of sp³-hybridized carbons (Fsp3) is 0.333. The summed E-state index contributed by atoms with van der Waals surface area (Å²) >= 11 is 0. The molecule has 0 aliphatic rings. The first-order valence-electron chi connectivity index (χ1n) is 4.10. The molecule has 1 aromatic rings. The lowest BCUT2D eigenvalue weighted by Gasteiger charge is -2.09. The Balaban J connectivity index is 2.91. The van der Waals surface area contributed by atoms with E-state index < -0.39 is 0 Å². The van der Waals surface area contributed by atoms with Gasteiger partial charge in [0, 0.05) is 18.3 Å². The number of methoxy groups -OCH3 is 1. The topological polar surface area (TPSA) is 56.5 Å². The fourth-order valence-corrected chi connectivity index (χ4v) is 1.08. The van der Waals surface area contributed by atoms with Crippen LogP contribution in [0, 0.1) is 0 Å². The van der Waals surface area contributed by atoms with Gasteiger partial charge >= 0.3 is 0 Å². The van der Waals surface area contributed by atoms with E-state index in [0.29, 0.717) is 11.5 Å². The molecule has 0 atom stereocenters. The molecule has 1 rings (SSSR count). The van der Waals surface area contributed by atoms with Gasteiger partial charge in [0.2, 0.25) is 0 Å². The molecule has 0 radical (unpaired) electrons. The Hall–Kier alpha value is -1.42. The summed E-state index contributed by atoms with van der Waals surface area (Å²) in [6, 6.07) is 5.48. The maximum atomic E-state index is 5.08. The molecule has 0 saturated heterocycles. The van der Waals surface area contributed by atoms with Crippen molar-refractivity contribution in [2.24, 2.45) is 5.90 Å². The third-order valence-electron chi connectivity index (χ3n) is 1.67. The number of nitrogens with two attached hydrogens (primary N) is 1. The lowest BCUT2D eigenvalue weighted by atomic mass is 10.3. The van der Waals surface area contributed by atoms with E-state index in [1.54, 1.807) is 13.2 Å². The molecule has 0 bridgehead atoms. The number of benzene rings is 1. The second-order valence-corrected chi connectivity index (χ2v) is 2.51. The molecule has 3 N–H and O–H groups in total. The Bertz CT molecular complexity index is 276. The summed E-state index contributed by atoms with van der Waals surface area (Å²) in [5.74, 6) is 6.21. The third-order valence-corrected chi connectivity index (χ3v) is 1.67. The van der Waals surface area contributed by atoms with Crippen LogP contribution < -0.4 is 20.8 Å². The van der Waals surface area contributed by atoms with Crippen molar-refractivity contribution < 1.29 is 9.57 Å². The largest absolute Gasteiger partial charge is 0.493 e. The van der Waals surface area contributed by atoms with Gasteiger partial charge in [-0.1, -0.05) is 0 Å². The highest BCUT2D eigenvalue weighted by atomic mass is 16.6. The highest BCUT2D eigenvalue weighted by Gasteiger charge is 2.03. The van der Waals surface area contributed by atoms with Crippen LogP contribution in [-0.2, 0) is 0 Å². The van der Waals surface area contributed by atoms with Crippen molar-refractivity contribution in [3.8, 4) is 11.5 Å². The van der Waals surface area contributed by atoms with E-state index in [-0.39, 0.29) is 0 Å². The van der Waals surface area contributed by atoms with Crippen LogP contribution in [0.1, 0.15) is 6.92 Å². The second-order valence-electron chi connectivity index (χ2n) is 2.51. The van der Waals surface area contributed by atoms with Crippen LogP contribution in [0.15, 0.2) is 18.2 Å². The number of hydrogen-bond donors (Lipinski definition) is 2. The molecule has 0 amide bonds. The van der Waals surface area contributed by atoms with Gasteiger partial charge in [-0.05, 0) is 19.1 Å². The molecule has 0 aromatic heterocycles. The van der Waals surface area contributed by atoms with Crippen LogP contribution in [0.5, 0.6) is 11.5 Å². The van der Waals surface area contributed by atoms with Crippen molar-refractivity contribution >= 4 is 5.69 Å². The number of nitrogens with one attached hydrogen (secondary N) is 1. The highest BCUT2D eigenvalue weighted by Crippen LogP contribution is 2.28. The smallest absolute Gasteiger partial charge is 0.188 e. The first kappa shape index (κ1) is 9.67. The molecule has 1 aromatic carbocycles. The van der Waals surface area contributed by atoms with Crippen molar-refractivity contribution in [2.75, 3.05) is 19.0 Å². The van der Waals surface area contributed by atoms with Gasteiger partial charge in [-0.25, -0.2) is 0 Å². The molecule has 0 fully saturated rings. The van der Waals surface area contributed by atoms with Crippen molar-refractivity contribution in [3.63, 3.8) is 0 Å². The molecule has 13 heavy (non-hydrogen) atoms. The van der Waals surface area contributed by atoms with E-state index in [1.165, 1.54) is 0 Å². The van der Waals surface area contributed by atoms with Crippen molar-refractivity contribution in [1.29, 1.82) is 0 Å². The molecule has 4 nitrogen and oxygen atoms in total. The Morgan fingerprint density at radius 1 is 1.38 bits per heavy atom. The maximum absolute atomic E-state index is 5.08. The summed E-state index contributed by atoms with van der Waals surface area (Å²) in [6.07, 6.45) is 0. The molecular formula is C9H14N2O2. The van der Waals surface area contributed by atoms with Gasteiger partial charge in [-0.3, -0.25) is 0 Å². The van der Waals surface area contributed by atoms with E-state index in [0.717, 1.165) is 12.2 Å². The quantitative estimate of drug-likeness (QED) is 0.691. The lowest BCUT2D eigenvalue weighted by molar-refractivity contribution is 0.306. The molecule has 0 spiro atoms. The van der Waals surface area contributed by atoms with Gasteiger partial charge in [0.05, 0.1) is 7.11 Å². The minimum atomic E-state index is 0.532. The minimum absolute atomic E-state index is 0.532. The molecule has 0 unspecified atom stereocenters. The van der Waals surface area contributed by atoms with Gasteiger partial charge in [0.25, 0.3) is 0 Å². The van der Waals surface area contributed by atoms with Gasteiger partial charge in [-0.2, -0.15) is 5.90 Å². The SMILES string of the molecule is CCNc1ccc(ON)c(OC)c1. The molecule has 0 heterocycles. The molecule has 0 aliphatic carbocycles. The van der Waals surface area contributed by atoms with E-state index >= 15 is 0 Å². The van der Waals surface area contributed by atoms with Gasteiger partial charge in [-0.15, -0.1) is 0 Å². The normalized spacial score (nSPS) is 9.46. The predicted molar refractivity (Wildman–Crippen MR) is 52.0 cm³/mol. The second kappa shape index (κ2) is 4.57. The number of hydrogen-bond acceptors (Lipinski definition) is 4. The van der Waals surface area contributed by atoms with E-state index in [1.807, 2.05) is 19.1 Å². The number of rotatable bonds is 4. The Morgan fingerprint density at radius 2 is 2.15 bits per heavy atom. The monoisotopic (exact) mass is 182 g/mol. The molecule has 4 heteroatoms. The van der Waals surface area contributed by atoms with E-state index in [4.69, 9.17) is 10.6 Å². The van der Waals surface area contributed by atoms with Crippen molar-refractivity contribution in [2.45, 2.75) is 6.92 Å². The van der Waals surface area contributed by atoms with Gasteiger partial charge in [0.15, 0.2) is 11.5 Å². The molecule has 72 valence electrons. The lowest BCUT2D eigenvalue weighted by Crippen LogP contribution is -2.04. The summed E-state index contributed by atoms with van der Waals surface area (Å²) in [7, 11) is 1.58. The third kappa shape index (κ3) is 2.26. The van der Waals surface area contributed by atoms with Crippen LogP contribution in [0.3, 0.4) is 0 Å². The summed E-state index contributed by atoms with van der Waals surface area (Å²) in [5, 5.41) is 3.16. The first-order valence-corrected chi connectivity index (χ1v) is 4.10. The van der Waals surface area contributed by atoms with Crippen LogP contribution in [-0.4, -0.2) is 13.7 Å². The first-order chi connectivity index (χ1) is 6.31. The Kier molecular flexibility index (Phi) is 3.40. The van der Waals surface area contributed by atoms with Crippen LogP contribution in [0.25, 0.3) is 0 Å². The summed E-state index contributed by atoms with van der Waals surface area (Å²) in [5.41, 5.74) is 0.986. The van der Waals surface area contributed by atoms with Crippen LogP contribution in [0.4, 0.5) is 5.69 Å². The summed E-state index contributed by atoms with van der Waals surface area (Å²) in [4.78, 5) is 4.62. The zero-order valence-electron chi connectivity index (χ0n) is 7.83. The van der Waals surface area contributed by atoms with Crippen molar-refractivity contribution in [1.82, 2.24) is 0 Å². The summed E-state index contributed by atoms with van der Waals surface area (Å²) < 4.78 is 5.08. The zero-order chi connectivity index (χ0) is 9.68. The van der Waals surface area contributed by atoms with E-state index in [2.05, 4.69) is 10.2 Å². The maximum Gasteiger partial charge on any atom is 0.188 e. The van der Waals surface area contributed by atoms with Gasteiger partial charge in [0.1, 0.15) is 0 Å².